The van der Waals surface area contributed by atoms with Gasteiger partial charge in [0.25, 0.3) is 0 Å². The van der Waals surface area contributed by atoms with E-state index < -0.39 is 0 Å². The molecule has 4 nitrogen and oxygen atoms in total. The van der Waals surface area contributed by atoms with Crippen LogP contribution in [-0.4, -0.2) is 11.6 Å². The molecule has 0 atom stereocenters. The van der Waals surface area contributed by atoms with Crippen molar-refractivity contribution in [3.05, 3.63) is 47.5 Å². The molecule has 3 aromatic rings. The van der Waals surface area contributed by atoms with Crippen LogP contribution < -0.4 is 15.2 Å². The number of nitrogens with two attached hydrogens (primary N) is 1. The first-order chi connectivity index (χ1) is 10.2. The van der Waals surface area contributed by atoms with Gasteiger partial charge in [0.05, 0.1) is 16.8 Å². The molecule has 0 saturated heterocycles. The van der Waals surface area contributed by atoms with Crippen molar-refractivity contribution in [3.8, 4) is 11.5 Å². The predicted octanol–water partition coefficient (Wildman–Crippen LogP) is 3.86. The van der Waals surface area contributed by atoms with Crippen LogP contribution in [0.2, 0.25) is 0 Å². The fraction of sp³-hybridized carbons (Fsp3) is 0.188. The first-order valence-electron chi connectivity index (χ1n) is 6.75. The lowest BCUT2D eigenvalue weighted by atomic mass is 10.3. The Morgan fingerprint density at radius 1 is 1.10 bits per heavy atom. The van der Waals surface area contributed by atoms with Gasteiger partial charge in [0.15, 0.2) is 0 Å². The van der Waals surface area contributed by atoms with Gasteiger partial charge in [0, 0.05) is 11.8 Å². The zero-order valence-corrected chi connectivity index (χ0v) is 12.5. The van der Waals surface area contributed by atoms with E-state index in [0.29, 0.717) is 18.9 Å². The normalized spacial score (nSPS) is 10.7. The Hall–Kier alpha value is -2.27. The number of thiazole rings is 1. The zero-order valence-electron chi connectivity index (χ0n) is 11.7. The van der Waals surface area contributed by atoms with Crippen molar-refractivity contribution in [2.45, 2.75) is 13.5 Å². The van der Waals surface area contributed by atoms with Crippen molar-refractivity contribution in [1.29, 1.82) is 0 Å². The summed E-state index contributed by atoms with van der Waals surface area (Å²) < 4.78 is 12.3. The molecule has 0 aliphatic heterocycles. The first kappa shape index (κ1) is 13.7. The van der Waals surface area contributed by atoms with Crippen molar-refractivity contribution in [2.24, 2.45) is 0 Å². The molecule has 2 N–H and O–H groups in total. The highest BCUT2D eigenvalue weighted by Gasteiger charge is 2.06. The topological polar surface area (TPSA) is 57.4 Å². The van der Waals surface area contributed by atoms with Gasteiger partial charge < -0.3 is 15.2 Å². The molecule has 3 rings (SSSR count). The van der Waals surface area contributed by atoms with Crippen LogP contribution in [0.3, 0.4) is 0 Å². The average Bonchev–Trinajstić information content (AvgIpc) is 2.88. The van der Waals surface area contributed by atoms with Gasteiger partial charge in [-0.2, -0.15) is 0 Å². The highest BCUT2D eigenvalue weighted by Crippen LogP contribution is 2.27. The van der Waals surface area contributed by atoms with E-state index in [9.17, 15) is 0 Å². The van der Waals surface area contributed by atoms with E-state index in [4.69, 9.17) is 15.2 Å². The van der Waals surface area contributed by atoms with Crippen molar-refractivity contribution < 1.29 is 9.47 Å². The predicted molar refractivity (Wildman–Crippen MR) is 86.0 cm³/mol. The smallest absolute Gasteiger partial charge is 0.140 e. The van der Waals surface area contributed by atoms with E-state index >= 15 is 0 Å². The Balaban J connectivity index is 1.75. The number of hydrogen-bond acceptors (Lipinski definition) is 5. The Bertz CT molecular complexity index is 755. The maximum absolute atomic E-state index is 5.73. The first-order valence-corrected chi connectivity index (χ1v) is 7.57. The molecular weight excluding hydrogens is 284 g/mol. The lowest BCUT2D eigenvalue weighted by Gasteiger charge is -2.03. The lowest BCUT2D eigenvalue weighted by molar-refractivity contribution is 0.306. The van der Waals surface area contributed by atoms with Crippen LogP contribution in [0.4, 0.5) is 5.69 Å². The summed E-state index contributed by atoms with van der Waals surface area (Å²) >= 11 is 1.61. The minimum atomic E-state index is 0.437. The highest BCUT2D eigenvalue weighted by molar-refractivity contribution is 7.18. The third kappa shape index (κ3) is 3.25. The summed E-state index contributed by atoms with van der Waals surface area (Å²) in [6.07, 6.45) is 0. The SMILES string of the molecule is CCOc1ccc2nc(COc3cccc(N)c3)sc2c1. The lowest BCUT2D eigenvalue weighted by Crippen LogP contribution is -1.95. The van der Waals surface area contributed by atoms with Crippen LogP contribution in [-0.2, 0) is 6.61 Å². The molecule has 0 aliphatic rings. The molecule has 1 aromatic heterocycles. The third-order valence-electron chi connectivity index (χ3n) is 2.94. The van der Waals surface area contributed by atoms with E-state index in [0.717, 1.165) is 26.7 Å². The van der Waals surface area contributed by atoms with Gasteiger partial charge in [-0.1, -0.05) is 6.07 Å². The maximum Gasteiger partial charge on any atom is 0.140 e. The number of hydrogen-bond donors (Lipinski definition) is 1. The second-order valence-electron chi connectivity index (χ2n) is 4.53. The minimum Gasteiger partial charge on any atom is -0.494 e. The third-order valence-corrected chi connectivity index (χ3v) is 3.93. The van der Waals surface area contributed by atoms with Gasteiger partial charge in [0.1, 0.15) is 23.1 Å². The quantitative estimate of drug-likeness (QED) is 0.727. The number of nitrogen functional groups attached to an aromatic ring is 1. The largest absolute Gasteiger partial charge is 0.494 e. The van der Waals surface area contributed by atoms with Gasteiger partial charge in [-0.05, 0) is 37.3 Å². The van der Waals surface area contributed by atoms with Gasteiger partial charge in [0.2, 0.25) is 0 Å². The second-order valence-corrected chi connectivity index (χ2v) is 5.65. The summed E-state index contributed by atoms with van der Waals surface area (Å²) in [6.45, 7) is 3.07. The number of fused-ring (bicyclic) bond motifs is 1. The van der Waals surface area contributed by atoms with Crippen LogP contribution in [0.15, 0.2) is 42.5 Å². The standard InChI is InChI=1S/C16H16N2O2S/c1-2-19-13-6-7-14-15(9-13)21-16(18-14)10-20-12-5-3-4-11(17)8-12/h3-9H,2,10,17H2,1H3. The van der Waals surface area contributed by atoms with Crippen molar-refractivity contribution >= 4 is 27.2 Å². The van der Waals surface area contributed by atoms with E-state index in [1.54, 1.807) is 17.4 Å². The Kier molecular flexibility index (Phi) is 3.92. The fourth-order valence-corrected chi connectivity index (χ4v) is 2.93. The van der Waals surface area contributed by atoms with Crippen molar-refractivity contribution in [1.82, 2.24) is 4.98 Å². The van der Waals surface area contributed by atoms with E-state index in [2.05, 4.69) is 4.98 Å². The van der Waals surface area contributed by atoms with Gasteiger partial charge in [-0.25, -0.2) is 4.98 Å². The van der Waals surface area contributed by atoms with Crippen LogP contribution >= 0.6 is 11.3 Å². The average molecular weight is 300 g/mol. The number of anilines is 1. The minimum absolute atomic E-state index is 0.437. The summed E-state index contributed by atoms with van der Waals surface area (Å²) in [5, 5.41) is 0.932. The second kappa shape index (κ2) is 6.01. The molecule has 0 fully saturated rings. The fourth-order valence-electron chi connectivity index (χ4n) is 2.02. The van der Waals surface area contributed by atoms with E-state index in [-0.39, 0.29) is 0 Å². The molecule has 0 unspecified atom stereocenters. The van der Waals surface area contributed by atoms with E-state index in [1.807, 2.05) is 43.3 Å². The summed E-state index contributed by atoms with van der Waals surface area (Å²) in [5.74, 6) is 1.63. The Morgan fingerprint density at radius 3 is 2.76 bits per heavy atom. The molecule has 0 bridgehead atoms. The van der Waals surface area contributed by atoms with E-state index in [1.165, 1.54) is 0 Å². The van der Waals surface area contributed by atoms with Crippen molar-refractivity contribution in [2.75, 3.05) is 12.3 Å². The number of rotatable bonds is 5. The summed E-state index contributed by atoms with van der Waals surface area (Å²) in [7, 11) is 0. The number of ether oxygens (including phenoxy) is 2. The summed E-state index contributed by atoms with van der Waals surface area (Å²) in [4.78, 5) is 4.56. The van der Waals surface area contributed by atoms with Gasteiger partial charge in [-0.3, -0.25) is 0 Å². The van der Waals surface area contributed by atoms with Gasteiger partial charge >= 0.3 is 0 Å². The molecule has 0 saturated carbocycles. The highest BCUT2D eigenvalue weighted by atomic mass is 32.1. The molecule has 2 aromatic carbocycles. The molecule has 1 heterocycles. The number of benzene rings is 2. The molecule has 0 spiro atoms. The monoisotopic (exact) mass is 300 g/mol. The molecular formula is C16H16N2O2S. The Labute approximate surface area is 127 Å². The molecule has 21 heavy (non-hydrogen) atoms. The molecule has 108 valence electrons. The van der Waals surface area contributed by atoms with Crippen LogP contribution in [0.25, 0.3) is 10.2 Å². The van der Waals surface area contributed by atoms with Gasteiger partial charge in [-0.15, -0.1) is 11.3 Å². The van der Waals surface area contributed by atoms with Crippen LogP contribution in [0.1, 0.15) is 11.9 Å². The molecule has 0 amide bonds. The zero-order chi connectivity index (χ0) is 14.7. The van der Waals surface area contributed by atoms with Crippen LogP contribution in [0.5, 0.6) is 11.5 Å². The molecule has 0 radical (unpaired) electrons. The molecule has 5 heteroatoms. The number of aromatic nitrogens is 1. The maximum atomic E-state index is 5.73. The van der Waals surface area contributed by atoms with Crippen LogP contribution in [0, 0.1) is 0 Å². The number of nitrogens with zero attached hydrogens (tertiary/aromatic N) is 1. The summed E-state index contributed by atoms with van der Waals surface area (Å²) in [6, 6.07) is 13.3. The van der Waals surface area contributed by atoms with Crippen molar-refractivity contribution in [3.63, 3.8) is 0 Å². The Morgan fingerprint density at radius 2 is 1.95 bits per heavy atom. The molecule has 0 aliphatic carbocycles. The summed E-state index contributed by atoms with van der Waals surface area (Å²) in [5.41, 5.74) is 7.39.